The summed E-state index contributed by atoms with van der Waals surface area (Å²) in [5.74, 6) is -0.720. The van der Waals surface area contributed by atoms with E-state index in [9.17, 15) is 18.0 Å². The van der Waals surface area contributed by atoms with E-state index in [4.69, 9.17) is 0 Å². The summed E-state index contributed by atoms with van der Waals surface area (Å²) in [5, 5.41) is 3.12. The van der Waals surface area contributed by atoms with Gasteiger partial charge < -0.3 is 5.32 Å². The minimum absolute atomic E-state index is 0.0677. The largest absolute Gasteiger partial charge is 0.434 e. The Kier molecular flexibility index (Phi) is 4.19. The summed E-state index contributed by atoms with van der Waals surface area (Å²) in [6.07, 6.45) is 2.76. The second-order valence-electron chi connectivity index (χ2n) is 5.76. The molecule has 0 aliphatic heterocycles. The van der Waals surface area contributed by atoms with Crippen LogP contribution in [-0.2, 0) is 6.18 Å². The molecule has 0 unspecified atom stereocenters. The van der Waals surface area contributed by atoms with Gasteiger partial charge in [-0.3, -0.25) is 9.78 Å². The lowest BCUT2D eigenvalue weighted by molar-refractivity contribution is -0.141. The number of carbonyl (C=O) groups excluding carboxylic acids is 1. The van der Waals surface area contributed by atoms with Gasteiger partial charge in [-0.1, -0.05) is 19.3 Å². The molecule has 1 saturated carbocycles. The molecule has 1 aliphatic rings. The van der Waals surface area contributed by atoms with Gasteiger partial charge in [0.15, 0.2) is 5.69 Å². The van der Waals surface area contributed by atoms with Crippen molar-refractivity contribution in [1.29, 1.82) is 0 Å². The third-order valence-corrected chi connectivity index (χ3v) is 4.07. The average Bonchev–Trinajstić information content (AvgIpc) is 2.53. The number of amides is 1. The highest BCUT2D eigenvalue weighted by molar-refractivity contribution is 5.98. The van der Waals surface area contributed by atoms with E-state index in [0.29, 0.717) is 5.39 Å². The quantitative estimate of drug-likeness (QED) is 0.916. The lowest BCUT2D eigenvalue weighted by atomic mass is 9.95. The van der Waals surface area contributed by atoms with Crippen molar-refractivity contribution in [3.05, 3.63) is 35.8 Å². The first-order chi connectivity index (χ1) is 10.9. The van der Waals surface area contributed by atoms with E-state index in [0.717, 1.165) is 32.1 Å². The molecule has 4 nitrogen and oxygen atoms in total. The normalized spacial score (nSPS) is 16.5. The molecule has 0 saturated heterocycles. The van der Waals surface area contributed by atoms with Gasteiger partial charge in [0.05, 0.1) is 11.1 Å². The van der Waals surface area contributed by atoms with Crippen LogP contribution in [0.1, 0.15) is 48.2 Å². The first-order valence-electron chi connectivity index (χ1n) is 7.58. The van der Waals surface area contributed by atoms with Crippen molar-refractivity contribution in [1.82, 2.24) is 15.3 Å². The standard InChI is InChI=1S/C16H16F3N3O/c17-16(18,19)14-12(8-10-9-20-7-6-13(10)22-14)15(23)21-11-4-2-1-3-5-11/h6-9,11H,1-5H2,(H,21,23). The van der Waals surface area contributed by atoms with Gasteiger partial charge in [0.1, 0.15) is 0 Å². The van der Waals surface area contributed by atoms with Gasteiger partial charge in [0.25, 0.3) is 5.91 Å². The van der Waals surface area contributed by atoms with Crippen molar-refractivity contribution in [3.63, 3.8) is 0 Å². The second kappa shape index (κ2) is 6.14. The molecule has 1 amide bonds. The highest BCUT2D eigenvalue weighted by Crippen LogP contribution is 2.32. The van der Waals surface area contributed by atoms with Crippen molar-refractivity contribution < 1.29 is 18.0 Å². The van der Waals surface area contributed by atoms with Crippen LogP contribution in [0.5, 0.6) is 0 Å². The van der Waals surface area contributed by atoms with Crippen molar-refractivity contribution in [2.45, 2.75) is 44.3 Å². The van der Waals surface area contributed by atoms with E-state index in [1.807, 2.05) is 0 Å². The SMILES string of the molecule is O=C(NC1CCCCC1)c1cc2cnccc2nc1C(F)(F)F. The van der Waals surface area contributed by atoms with Crippen LogP contribution in [0.15, 0.2) is 24.5 Å². The molecular formula is C16H16F3N3O. The topological polar surface area (TPSA) is 54.9 Å². The third-order valence-electron chi connectivity index (χ3n) is 4.07. The van der Waals surface area contributed by atoms with Gasteiger partial charge in [-0.25, -0.2) is 4.98 Å². The van der Waals surface area contributed by atoms with Crippen molar-refractivity contribution in [3.8, 4) is 0 Å². The number of hydrogen-bond acceptors (Lipinski definition) is 3. The maximum absolute atomic E-state index is 13.3. The molecule has 3 rings (SSSR count). The van der Waals surface area contributed by atoms with Gasteiger partial charge in [0, 0.05) is 23.8 Å². The number of hydrogen-bond donors (Lipinski definition) is 1. The molecular weight excluding hydrogens is 307 g/mol. The van der Waals surface area contributed by atoms with Crippen LogP contribution in [-0.4, -0.2) is 21.9 Å². The van der Waals surface area contributed by atoms with Crippen LogP contribution in [0.3, 0.4) is 0 Å². The van der Waals surface area contributed by atoms with Gasteiger partial charge in [-0.2, -0.15) is 13.2 Å². The Morgan fingerprint density at radius 2 is 1.96 bits per heavy atom. The molecule has 0 bridgehead atoms. The molecule has 2 aromatic heterocycles. The van der Waals surface area contributed by atoms with Crippen LogP contribution >= 0.6 is 0 Å². The second-order valence-corrected chi connectivity index (χ2v) is 5.76. The molecule has 1 N–H and O–H groups in total. The summed E-state index contributed by atoms with van der Waals surface area (Å²) >= 11 is 0. The smallest absolute Gasteiger partial charge is 0.349 e. The van der Waals surface area contributed by atoms with E-state index in [1.54, 1.807) is 0 Å². The van der Waals surface area contributed by atoms with Gasteiger partial charge in [-0.15, -0.1) is 0 Å². The lowest BCUT2D eigenvalue weighted by Crippen LogP contribution is -2.37. The Morgan fingerprint density at radius 1 is 1.22 bits per heavy atom. The van der Waals surface area contributed by atoms with Crippen molar-refractivity contribution in [2.24, 2.45) is 0 Å². The minimum Gasteiger partial charge on any atom is -0.349 e. The van der Waals surface area contributed by atoms with E-state index in [2.05, 4.69) is 15.3 Å². The van der Waals surface area contributed by atoms with E-state index < -0.39 is 23.3 Å². The van der Waals surface area contributed by atoms with Crippen molar-refractivity contribution in [2.75, 3.05) is 0 Å². The van der Waals surface area contributed by atoms with Gasteiger partial charge >= 0.3 is 6.18 Å². The maximum Gasteiger partial charge on any atom is 0.434 e. The maximum atomic E-state index is 13.3. The minimum atomic E-state index is -4.68. The molecule has 1 fully saturated rings. The Labute approximate surface area is 131 Å². The fraction of sp³-hybridized carbons (Fsp3) is 0.438. The van der Waals surface area contributed by atoms with Crippen molar-refractivity contribution >= 4 is 16.8 Å². The highest BCUT2D eigenvalue weighted by atomic mass is 19.4. The Balaban J connectivity index is 1.98. The highest BCUT2D eigenvalue weighted by Gasteiger charge is 2.38. The van der Waals surface area contributed by atoms with Crippen LogP contribution in [0.2, 0.25) is 0 Å². The molecule has 2 heterocycles. The lowest BCUT2D eigenvalue weighted by Gasteiger charge is -2.23. The molecule has 0 spiro atoms. The summed E-state index contributed by atoms with van der Waals surface area (Å²) in [6.45, 7) is 0. The van der Waals surface area contributed by atoms with E-state index in [1.165, 1.54) is 24.5 Å². The predicted molar refractivity (Wildman–Crippen MR) is 78.9 cm³/mol. The number of nitrogens with zero attached hydrogens (tertiary/aromatic N) is 2. The molecule has 0 aromatic carbocycles. The zero-order chi connectivity index (χ0) is 16.4. The number of rotatable bonds is 2. The summed E-state index contributed by atoms with van der Waals surface area (Å²) in [4.78, 5) is 19.9. The number of halogens is 3. The average molecular weight is 323 g/mol. The number of pyridine rings is 2. The van der Waals surface area contributed by atoms with Crippen LogP contribution in [0, 0.1) is 0 Å². The van der Waals surface area contributed by atoms with E-state index in [-0.39, 0.29) is 11.6 Å². The van der Waals surface area contributed by atoms with Gasteiger partial charge in [0.2, 0.25) is 0 Å². The van der Waals surface area contributed by atoms with Crippen LogP contribution in [0.4, 0.5) is 13.2 Å². The molecule has 1 aliphatic carbocycles. The molecule has 2 aromatic rings. The number of alkyl halides is 3. The van der Waals surface area contributed by atoms with Crippen LogP contribution in [0.25, 0.3) is 10.9 Å². The summed E-state index contributed by atoms with van der Waals surface area (Å²) < 4.78 is 39.8. The summed E-state index contributed by atoms with van der Waals surface area (Å²) in [7, 11) is 0. The molecule has 122 valence electrons. The predicted octanol–water partition coefficient (Wildman–Crippen LogP) is 3.71. The molecule has 0 atom stereocenters. The number of nitrogens with one attached hydrogen (secondary N) is 1. The fourth-order valence-electron chi connectivity index (χ4n) is 2.92. The van der Waals surface area contributed by atoms with E-state index >= 15 is 0 Å². The van der Waals surface area contributed by atoms with Crippen LogP contribution < -0.4 is 5.32 Å². The molecule has 0 radical (unpaired) electrons. The Morgan fingerprint density at radius 3 is 2.65 bits per heavy atom. The zero-order valence-electron chi connectivity index (χ0n) is 12.4. The Bertz CT molecular complexity index is 724. The zero-order valence-corrected chi connectivity index (χ0v) is 12.4. The number of carbonyl (C=O) groups is 1. The Hall–Kier alpha value is -2.18. The number of fused-ring (bicyclic) bond motifs is 1. The fourth-order valence-corrected chi connectivity index (χ4v) is 2.92. The molecule has 23 heavy (non-hydrogen) atoms. The number of aromatic nitrogens is 2. The molecule has 7 heteroatoms. The monoisotopic (exact) mass is 323 g/mol. The summed E-state index contributed by atoms with van der Waals surface area (Å²) in [5.41, 5.74) is -1.42. The first-order valence-corrected chi connectivity index (χ1v) is 7.58. The third kappa shape index (κ3) is 3.43. The van der Waals surface area contributed by atoms with Gasteiger partial charge in [-0.05, 0) is 25.0 Å². The summed E-state index contributed by atoms with van der Waals surface area (Å²) in [6, 6.07) is 2.55. The first kappa shape index (κ1) is 15.7.